The molecule has 4 aliphatic rings. The van der Waals surface area contributed by atoms with Crippen LogP contribution in [-0.2, 0) is 0 Å². The van der Waals surface area contributed by atoms with Gasteiger partial charge in [-0.25, -0.2) is 13.2 Å². The average Bonchev–Trinajstić information content (AvgIpc) is 3.69. The van der Waals surface area contributed by atoms with Gasteiger partial charge in [-0.2, -0.15) is 9.97 Å². The fourth-order valence-electron chi connectivity index (χ4n) is 8.07. The molecular formula is C35H33F3N6O2. The topological polar surface area (TPSA) is 86.6 Å². The molecule has 11 heteroatoms. The van der Waals surface area contributed by atoms with Gasteiger partial charge >= 0.3 is 6.01 Å². The highest BCUT2D eigenvalue weighted by Crippen LogP contribution is 2.43. The van der Waals surface area contributed by atoms with Crippen molar-refractivity contribution in [3.8, 4) is 35.4 Å². The Balaban J connectivity index is 1.24. The molecule has 4 aromatic rings. The predicted molar refractivity (Wildman–Crippen MR) is 170 cm³/mol. The van der Waals surface area contributed by atoms with Gasteiger partial charge in [-0.05, 0) is 68.3 Å². The van der Waals surface area contributed by atoms with E-state index in [1.165, 1.54) is 6.07 Å². The van der Waals surface area contributed by atoms with Gasteiger partial charge in [0.15, 0.2) is 5.82 Å². The maximum atomic E-state index is 16.8. The van der Waals surface area contributed by atoms with Gasteiger partial charge in [0.1, 0.15) is 29.4 Å². The zero-order chi connectivity index (χ0) is 31.6. The lowest BCUT2D eigenvalue weighted by atomic mass is 9.93. The van der Waals surface area contributed by atoms with Gasteiger partial charge in [-0.15, -0.1) is 6.42 Å². The summed E-state index contributed by atoms with van der Waals surface area (Å²) in [7, 11) is 0. The first-order valence-corrected chi connectivity index (χ1v) is 15.8. The molecule has 3 unspecified atom stereocenters. The van der Waals surface area contributed by atoms with Crippen LogP contribution in [0.3, 0.4) is 0 Å². The monoisotopic (exact) mass is 626 g/mol. The van der Waals surface area contributed by atoms with Gasteiger partial charge in [0, 0.05) is 54.4 Å². The quantitative estimate of drug-likeness (QED) is 0.217. The molecule has 2 bridgehead atoms. The number of aromatic nitrogens is 3. The fraction of sp³-hybridized carbons (Fsp3) is 0.400. The molecule has 0 amide bonds. The number of nitrogens with one attached hydrogen (secondary N) is 1. The Kier molecular flexibility index (Phi) is 7.03. The standard InChI is InChI=1S/C35H33F3N6O2/c1-2-21-5-3-6-22-12-25(45)13-26(29(21)22)31-30(38)32-27(15-39-31)33(43-17-23-7-8-24(18-43)40-23)42-34(41-32)46-19-35-9-4-10-44(35)16-20(14-35)11-28(36)37/h1,3,5-6,11-13,15,23-24,28,40,45H,4,7-10,14,16-19H2/b20-11+. The van der Waals surface area contributed by atoms with Gasteiger partial charge < -0.3 is 20.1 Å². The van der Waals surface area contributed by atoms with Crippen molar-refractivity contribution in [2.45, 2.75) is 56.2 Å². The maximum absolute atomic E-state index is 16.8. The lowest BCUT2D eigenvalue weighted by Crippen LogP contribution is -2.51. The molecule has 2 N–H and O–H groups in total. The predicted octanol–water partition coefficient (Wildman–Crippen LogP) is 5.42. The van der Waals surface area contributed by atoms with Crippen LogP contribution >= 0.6 is 0 Å². The average molecular weight is 627 g/mol. The summed E-state index contributed by atoms with van der Waals surface area (Å²) in [6, 6.07) is 9.04. The summed E-state index contributed by atoms with van der Waals surface area (Å²) in [5, 5.41) is 15.9. The van der Waals surface area contributed by atoms with Gasteiger partial charge in [0.25, 0.3) is 6.43 Å². The molecule has 8 nitrogen and oxygen atoms in total. The Morgan fingerprint density at radius 3 is 2.80 bits per heavy atom. The molecule has 6 heterocycles. The normalized spacial score (nSPS) is 25.2. The first-order valence-electron chi connectivity index (χ1n) is 15.8. The third kappa shape index (κ3) is 4.91. The molecule has 3 atom stereocenters. The van der Waals surface area contributed by atoms with Gasteiger partial charge in [0.2, 0.25) is 0 Å². The number of fused-ring (bicyclic) bond motifs is 5. The Hall–Kier alpha value is -4.40. The van der Waals surface area contributed by atoms with Crippen LogP contribution in [0, 0.1) is 18.2 Å². The first-order chi connectivity index (χ1) is 22.3. The number of benzene rings is 2. The summed E-state index contributed by atoms with van der Waals surface area (Å²) in [5.74, 6) is 2.50. The highest BCUT2D eigenvalue weighted by Gasteiger charge is 2.47. The van der Waals surface area contributed by atoms with Crippen molar-refractivity contribution < 1.29 is 23.0 Å². The fourth-order valence-corrected chi connectivity index (χ4v) is 8.07. The van der Waals surface area contributed by atoms with Gasteiger partial charge in [-0.1, -0.05) is 23.6 Å². The number of rotatable bonds is 6. The number of piperazine rings is 1. The van der Waals surface area contributed by atoms with Crippen molar-refractivity contribution in [1.29, 1.82) is 0 Å². The molecule has 4 aliphatic heterocycles. The van der Waals surface area contributed by atoms with E-state index in [-0.39, 0.29) is 29.6 Å². The number of alkyl halides is 2. The summed E-state index contributed by atoms with van der Waals surface area (Å²) in [5.41, 5.74) is 1.24. The van der Waals surface area contributed by atoms with Crippen molar-refractivity contribution >= 4 is 27.5 Å². The van der Waals surface area contributed by atoms with Gasteiger partial charge in [-0.3, -0.25) is 9.88 Å². The highest BCUT2D eigenvalue weighted by atomic mass is 19.3. The molecule has 0 saturated carbocycles. The number of anilines is 1. The summed E-state index contributed by atoms with van der Waals surface area (Å²) in [6.07, 6.45) is 10.3. The zero-order valence-corrected chi connectivity index (χ0v) is 25.1. The summed E-state index contributed by atoms with van der Waals surface area (Å²) < 4.78 is 49.5. The van der Waals surface area contributed by atoms with Crippen LogP contribution in [0.25, 0.3) is 32.9 Å². The van der Waals surface area contributed by atoms with Crippen LogP contribution in [-0.4, -0.2) is 81.8 Å². The number of terminal acetylenes is 1. The highest BCUT2D eigenvalue weighted by molar-refractivity contribution is 6.02. The molecular weight excluding hydrogens is 593 g/mol. The van der Waals surface area contributed by atoms with Crippen molar-refractivity contribution in [3.63, 3.8) is 0 Å². The Morgan fingerprint density at radius 1 is 1.20 bits per heavy atom. The Labute approximate surface area is 264 Å². The van der Waals surface area contributed by atoms with Crippen LogP contribution in [0.5, 0.6) is 11.8 Å². The molecule has 2 aromatic carbocycles. The van der Waals surface area contributed by atoms with Crippen molar-refractivity contribution in [2.24, 2.45) is 0 Å². The molecule has 46 heavy (non-hydrogen) atoms. The first kappa shape index (κ1) is 29.0. The molecule has 0 radical (unpaired) electrons. The van der Waals surface area contributed by atoms with Crippen LogP contribution in [0.2, 0.25) is 0 Å². The number of phenolic OH excluding ortho intramolecular Hbond substituents is 1. The second-order valence-corrected chi connectivity index (χ2v) is 13.0. The van der Waals surface area contributed by atoms with E-state index >= 15 is 4.39 Å². The van der Waals surface area contributed by atoms with E-state index in [4.69, 9.17) is 16.1 Å². The van der Waals surface area contributed by atoms with Crippen LogP contribution in [0.15, 0.2) is 48.2 Å². The number of hydrogen-bond donors (Lipinski definition) is 2. The molecule has 8 rings (SSSR count). The lowest BCUT2D eigenvalue weighted by Gasteiger charge is -2.34. The molecule has 0 aliphatic carbocycles. The lowest BCUT2D eigenvalue weighted by molar-refractivity contribution is 0.108. The van der Waals surface area contributed by atoms with E-state index in [9.17, 15) is 13.9 Å². The zero-order valence-electron chi connectivity index (χ0n) is 25.1. The molecule has 4 fully saturated rings. The molecule has 2 aromatic heterocycles. The van der Waals surface area contributed by atoms with Crippen LogP contribution in [0.1, 0.15) is 37.7 Å². The van der Waals surface area contributed by atoms with E-state index in [0.29, 0.717) is 76.8 Å². The van der Waals surface area contributed by atoms with E-state index < -0.39 is 17.8 Å². The summed E-state index contributed by atoms with van der Waals surface area (Å²) in [4.78, 5) is 18.4. The van der Waals surface area contributed by atoms with Crippen LogP contribution < -0.4 is 15.0 Å². The minimum atomic E-state index is -2.50. The molecule has 0 spiro atoms. The number of allylic oxidation sites excluding steroid dienone is 1. The van der Waals surface area contributed by atoms with Crippen molar-refractivity contribution in [2.75, 3.05) is 37.7 Å². The maximum Gasteiger partial charge on any atom is 0.319 e. The largest absolute Gasteiger partial charge is 0.508 e. The Morgan fingerprint density at radius 2 is 2.02 bits per heavy atom. The SMILES string of the molecule is C#Cc1cccc2cc(O)cc(-c3ncc4c(N5CC6CCC(C5)N6)nc(OCC56CCCN5C/C(=C/C(F)F)C6)nc4c3F)c12. The van der Waals surface area contributed by atoms with E-state index in [1.807, 2.05) is 0 Å². The number of nitrogens with zero attached hydrogens (tertiary/aromatic N) is 5. The third-order valence-electron chi connectivity index (χ3n) is 10.1. The smallest absolute Gasteiger partial charge is 0.319 e. The summed E-state index contributed by atoms with van der Waals surface area (Å²) in [6.45, 7) is 2.90. The number of pyridine rings is 1. The van der Waals surface area contributed by atoms with E-state index in [0.717, 1.165) is 38.3 Å². The number of ether oxygens (including phenoxy) is 1. The number of halogens is 3. The molecule has 236 valence electrons. The minimum absolute atomic E-state index is 0.00483. The van der Waals surface area contributed by atoms with Crippen LogP contribution in [0.4, 0.5) is 19.0 Å². The van der Waals surface area contributed by atoms with E-state index in [2.05, 4.69) is 31.0 Å². The third-order valence-corrected chi connectivity index (χ3v) is 10.1. The summed E-state index contributed by atoms with van der Waals surface area (Å²) >= 11 is 0. The second kappa shape index (κ2) is 11.1. The number of phenols is 1. The van der Waals surface area contributed by atoms with E-state index in [1.54, 1.807) is 30.5 Å². The van der Waals surface area contributed by atoms with Crippen molar-refractivity contribution in [3.05, 3.63) is 59.6 Å². The number of aromatic hydroxyl groups is 1. The van der Waals surface area contributed by atoms with Gasteiger partial charge in [0.05, 0.1) is 10.9 Å². The minimum Gasteiger partial charge on any atom is -0.508 e. The molecule has 4 saturated heterocycles. The Bertz CT molecular complexity index is 1930. The second-order valence-electron chi connectivity index (χ2n) is 13.0. The van der Waals surface area contributed by atoms with Crippen molar-refractivity contribution in [1.82, 2.24) is 25.2 Å². The number of hydrogen-bond acceptors (Lipinski definition) is 8.